The van der Waals surface area contributed by atoms with Gasteiger partial charge in [-0.2, -0.15) is 0 Å². The van der Waals surface area contributed by atoms with Gasteiger partial charge in [-0.3, -0.25) is 4.79 Å². The summed E-state index contributed by atoms with van der Waals surface area (Å²) in [5, 5.41) is 4.92. The highest BCUT2D eigenvalue weighted by Gasteiger charge is 2.26. The van der Waals surface area contributed by atoms with Crippen molar-refractivity contribution >= 4 is 22.8 Å². The Morgan fingerprint density at radius 2 is 1.80 bits per heavy atom. The number of carbonyl (C=O) groups excluding carboxylic acids is 1. The normalized spacial score (nSPS) is 17.3. The summed E-state index contributed by atoms with van der Waals surface area (Å²) in [5.74, 6) is -0.0483. The van der Waals surface area contributed by atoms with Crippen LogP contribution in [0.5, 0.6) is 0 Å². The van der Waals surface area contributed by atoms with Crippen molar-refractivity contribution in [3.63, 3.8) is 0 Å². The zero-order valence-electron chi connectivity index (χ0n) is 15.6. The molecule has 2 aromatic rings. The summed E-state index contributed by atoms with van der Waals surface area (Å²) in [7, 11) is 1.66. The van der Waals surface area contributed by atoms with Gasteiger partial charge in [-0.05, 0) is 71.7 Å². The van der Waals surface area contributed by atoms with Gasteiger partial charge in [0.05, 0.1) is 0 Å². The molecule has 0 saturated heterocycles. The molecule has 0 aromatic heterocycles. The van der Waals surface area contributed by atoms with Crippen LogP contribution in [0.2, 0.25) is 0 Å². The average molecular weight is 333 g/mol. The van der Waals surface area contributed by atoms with E-state index in [1.807, 2.05) is 18.2 Å². The highest BCUT2D eigenvalue weighted by atomic mass is 16.1. The van der Waals surface area contributed by atoms with Crippen LogP contribution in [-0.4, -0.2) is 13.0 Å². The third-order valence-corrected chi connectivity index (χ3v) is 5.34. The SMILES string of the molecule is CNC(=O)c1ccc2cc(/C=C/C3=C(C)CCCC3(C)C)ccc2c1. The average Bonchev–Trinajstić information content (AvgIpc) is 2.59. The molecule has 0 bridgehead atoms. The lowest BCUT2D eigenvalue weighted by Crippen LogP contribution is -2.18. The predicted octanol–water partition coefficient (Wildman–Crippen LogP) is 5.74. The quantitative estimate of drug-likeness (QED) is 0.762. The molecule has 25 heavy (non-hydrogen) atoms. The Hall–Kier alpha value is -2.35. The molecule has 1 aliphatic carbocycles. The summed E-state index contributed by atoms with van der Waals surface area (Å²) in [4.78, 5) is 11.8. The van der Waals surface area contributed by atoms with E-state index < -0.39 is 0 Å². The minimum atomic E-state index is -0.0483. The van der Waals surface area contributed by atoms with Crippen LogP contribution < -0.4 is 5.32 Å². The van der Waals surface area contributed by atoms with Gasteiger partial charge in [0.15, 0.2) is 0 Å². The van der Waals surface area contributed by atoms with Gasteiger partial charge in [0.2, 0.25) is 0 Å². The van der Waals surface area contributed by atoms with E-state index in [0.29, 0.717) is 5.56 Å². The lowest BCUT2D eigenvalue weighted by Gasteiger charge is -2.32. The lowest BCUT2D eigenvalue weighted by atomic mass is 9.72. The Labute approximate surface area is 150 Å². The first kappa shape index (κ1) is 17.5. The molecule has 0 heterocycles. The first-order chi connectivity index (χ1) is 11.9. The predicted molar refractivity (Wildman–Crippen MR) is 107 cm³/mol. The van der Waals surface area contributed by atoms with Gasteiger partial charge in [-0.15, -0.1) is 0 Å². The number of carbonyl (C=O) groups is 1. The van der Waals surface area contributed by atoms with E-state index in [1.54, 1.807) is 7.05 Å². The third-order valence-electron chi connectivity index (χ3n) is 5.34. The number of hydrogen-bond acceptors (Lipinski definition) is 1. The van der Waals surface area contributed by atoms with Crippen LogP contribution >= 0.6 is 0 Å². The monoisotopic (exact) mass is 333 g/mol. The lowest BCUT2D eigenvalue weighted by molar-refractivity contribution is 0.0963. The molecular weight excluding hydrogens is 306 g/mol. The Morgan fingerprint density at radius 3 is 2.52 bits per heavy atom. The number of fused-ring (bicyclic) bond motifs is 1. The zero-order chi connectivity index (χ0) is 18.0. The summed E-state index contributed by atoms with van der Waals surface area (Å²) in [6.07, 6.45) is 8.28. The van der Waals surface area contributed by atoms with Crippen molar-refractivity contribution in [2.24, 2.45) is 5.41 Å². The number of nitrogens with one attached hydrogen (secondary N) is 1. The summed E-state index contributed by atoms with van der Waals surface area (Å²) >= 11 is 0. The van der Waals surface area contributed by atoms with E-state index in [2.05, 4.69) is 56.4 Å². The zero-order valence-corrected chi connectivity index (χ0v) is 15.6. The Bertz CT molecular complexity index is 871. The third kappa shape index (κ3) is 3.68. The van der Waals surface area contributed by atoms with Crippen LogP contribution in [0.25, 0.3) is 16.8 Å². The second kappa shape index (κ2) is 6.87. The maximum absolute atomic E-state index is 11.8. The molecule has 0 atom stereocenters. The van der Waals surface area contributed by atoms with E-state index >= 15 is 0 Å². The van der Waals surface area contributed by atoms with Crippen molar-refractivity contribution in [1.29, 1.82) is 0 Å². The van der Waals surface area contributed by atoms with Gasteiger partial charge in [0.25, 0.3) is 5.91 Å². The number of amides is 1. The molecule has 1 aliphatic rings. The maximum Gasteiger partial charge on any atom is 0.251 e. The molecule has 0 aliphatic heterocycles. The molecule has 0 spiro atoms. The first-order valence-corrected chi connectivity index (χ1v) is 9.05. The van der Waals surface area contributed by atoms with Gasteiger partial charge in [0.1, 0.15) is 0 Å². The largest absolute Gasteiger partial charge is 0.355 e. The fourth-order valence-corrected chi connectivity index (χ4v) is 3.84. The van der Waals surface area contributed by atoms with Gasteiger partial charge < -0.3 is 5.32 Å². The molecule has 0 radical (unpaired) electrons. The number of rotatable bonds is 3. The number of benzene rings is 2. The molecule has 2 aromatic carbocycles. The standard InChI is InChI=1S/C23H27NO/c1-16-6-5-13-23(2,3)21(16)12-8-17-7-9-19-15-20(22(25)24-4)11-10-18(19)14-17/h7-12,14-15H,5-6,13H2,1-4H3,(H,24,25)/b12-8+. The van der Waals surface area contributed by atoms with Crippen molar-refractivity contribution in [2.45, 2.75) is 40.0 Å². The molecule has 0 fully saturated rings. The maximum atomic E-state index is 11.8. The second-order valence-electron chi connectivity index (χ2n) is 7.67. The summed E-state index contributed by atoms with van der Waals surface area (Å²) < 4.78 is 0. The molecule has 1 N–H and O–H groups in total. The fraction of sp³-hybridized carbons (Fsp3) is 0.348. The van der Waals surface area contributed by atoms with Crippen LogP contribution in [0.4, 0.5) is 0 Å². The topological polar surface area (TPSA) is 29.1 Å². The molecule has 2 nitrogen and oxygen atoms in total. The first-order valence-electron chi connectivity index (χ1n) is 9.05. The molecule has 0 saturated carbocycles. The van der Waals surface area contributed by atoms with Gasteiger partial charge in [-0.1, -0.05) is 49.8 Å². The molecular formula is C23H27NO. The van der Waals surface area contributed by atoms with Gasteiger partial charge >= 0.3 is 0 Å². The van der Waals surface area contributed by atoms with Gasteiger partial charge in [0, 0.05) is 12.6 Å². The van der Waals surface area contributed by atoms with Crippen LogP contribution in [0.15, 0.2) is 53.6 Å². The highest BCUT2D eigenvalue weighted by molar-refractivity contribution is 5.98. The van der Waals surface area contributed by atoms with Crippen molar-refractivity contribution in [1.82, 2.24) is 5.32 Å². The fourth-order valence-electron chi connectivity index (χ4n) is 3.84. The Balaban J connectivity index is 1.91. The van der Waals surface area contributed by atoms with Crippen molar-refractivity contribution in [3.05, 3.63) is 64.7 Å². The van der Waals surface area contributed by atoms with Crippen molar-refractivity contribution < 1.29 is 4.79 Å². The molecule has 3 rings (SSSR count). The second-order valence-corrected chi connectivity index (χ2v) is 7.67. The van der Waals surface area contributed by atoms with Crippen molar-refractivity contribution in [3.8, 4) is 0 Å². The van der Waals surface area contributed by atoms with E-state index in [-0.39, 0.29) is 11.3 Å². The summed E-state index contributed by atoms with van der Waals surface area (Å²) in [5.41, 5.74) is 5.15. The van der Waals surface area contributed by atoms with E-state index in [0.717, 1.165) is 10.8 Å². The van der Waals surface area contributed by atoms with E-state index in [9.17, 15) is 4.79 Å². The Morgan fingerprint density at radius 1 is 1.08 bits per heavy atom. The molecule has 2 heteroatoms. The minimum Gasteiger partial charge on any atom is -0.355 e. The molecule has 0 unspecified atom stereocenters. The minimum absolute atomic E-state index is 0.0483. The van der Waals surface area contributed by atoms with Gasteiger partial charge in [-0.25, -0.2) is 0 Å². The Kier molecular flexibility index (Phi) is 4.80. The van der Waals surface area contributed by atoms with Crippen LogP contribution in [0.3, 0.4) is 0 Å². The smallest absolute Gasteiger partial charge is 0.251 e. The number of hydrogen-bond donors (Lipinski definition) is 1. The summed E-state index contributed by atoms with van der Waals surface area (Å²) in [6, 6.07) is 12.2. The van der Waals surface area contributed by atoms with E-state index in [1.165, 1.54) is 36.0 Å². The molecule has 1 amide bonds. The van der Waals surface area contributed by atoms with E-state index in [4.69, 9.17) is 0 Å². The van der Waals surface area contributed by atoms with Crippen LogP contribution in [-0.2, 0) is 0 Å². The highest BCUT2D eigenvalue weighted by Crippen LogP contribution is 2.41. The summed E-state index contributed by atoms with van der Waals surface area (Å²) in [6.45, 7) is 6.95. The van der Waals surface area contributed by atoms with Crippen LogP contribution in [0, 0.1) is 5.41 Å². The van der Waals surface area contributed by atoms with Crippen molar-refractivity contribution in [2.75, 3.05) is 7.05 Å². The van der Waals surface area contributed by atoms with Crippen LogP contribution in [0.1, 0.15) is 56.0 Å². The number of allylic oxidation sites excluding steroid dienone is 3. The molecule has 130 valence electrons.